The van der Waals surface area contributed by atoms with Crippen molar-refractivity contribution in [3.05, 3.63) is 24.3 Å². The maximum absolute atomic E-state index is 12.8. The third kappa shape index (κ3) is 4.23. The second-order valence-electron chi connectivity index (χ2n) is 7.29. The summed E-state index contributed by atoms with van der Waals surface area (Å²) in [5.41, 5.74) is 1.27. The van der Waals surface area contributed by atoms with Crippen LogP contribution in [0.4, 0.5) is 11.4 Å². The van der Waals surface area contributed by atoms with Crippen LogP contribution in [-0.4, -0.2) is 35.2 Å². The van der Waals surface area contributed by atoms with Gasteiger partial charge < -0.3 is 15.5 Å². The average Bonchev–Trinajstić information content (AvgIpc) is 3.41. The van der Waals surface area contributed by atoms with Gasteiger partial charge in [0.15, 0.2) is 0 Å². The fourth-order valence-corrected chi connectivity index (χ4v) is 3.80. The average molecular weight is 357 g/mol. The van der Waals surface area contributed by atoms with Gasteiger partial charge in [0.1, 0.15) is 0 Å². The molecule has 2 aliphatic rings. The van der Waals surface area contributed by atoms with Crippen LogP contribution in [-0.2, 0) is 14.4 Å². The lowest BCUT2D eigenvalue weighted by Crippen LogP contribution is -2.44. The van der Waals surface area contributed by atoms with Gasteiger partial charge in [-0.15, -0.1) is 0 Å². The quantitative estimate of drug-likeness (QED) is 0.850. The van der Waals surface area contributed by atoms with Gasteiger partial charge in [-0.2, -0.15) is 0 Å². The molecule has 3 rings (SSSR count). The van der Waals surface area contributed by atoms with Gasteiger partial charge in [-0.1, -0.05) is 13.0 Å². The molecule has 6 heteroatoms. The first-order chi connectivity index (χ1) is 12.5. The van der Waals surface area contributed by atoms with Crippen molar-refractivity contribution in [1.82, 2.24) is 4.90 Å². The predicted molar refractivity (Wildman–Crippen MR) is 101 cm³/mol. The van der Waals surface area contributed by atoms with Crippen LogP contribution in [0.25, 0.3) is 0 Å². The number of hydrogen-bond donors (Lipinski definition) is 2. The van der Waals surface area contributed by atoms with E-state index in [0.717, 1.165) is 25.8 Å². The summed E-state index contributed by atoms with van der Waals surface area (Å²) in [4.78, 5) is 38.4. The first kappa shape index (κ1) is 18.4. The second kappa shape index (κ2) is 7.89. The van der Waals surface area contributed by atoms with E-state index in [1.165, 1.54) is 13.3 Å². The van der Waals surface area contributed by atoms with Crippen LogP contribution in [0.2, 0.25) is 0 Å². The minimum atomic E-state index is -0.244. The summed E-state index contributed by atoms with van der Waals surface area (Å²) in [6.07, 6.45) is 4.92. The van der Waals surface area contributed by atoms with E-state index in [1.807, 2.05) is 4.90 Å². The van der Waals surface area contributed by atoms with Crippen molar-refractivity contribution >= 4 is 29.1 Å². The van der Waals surface area contributed by atoms with E-state index in [4.69, 9.17) is 0 Å². The molecule has 1 aromatic carbocycles. The Kier molecular flexibility index (Phi) is 5.59. The number of benzene rings is 1. The number of carbonyl (C=O) groups is 3. The highest BCUT2D eigenvalue weighted by Crippen LogP contribution is 2.42. The van der Waals surface area contributed by atoms with E-state index in [-0.39, 0.29) is 29.6 Å². The minimum Gasteiger partial charge on any atom is -0.339 e. The number of likely N-dealkylation sites (tertiary alicyclic amines) is 1. The van der Waals surface area contributed by atoms with Crippen LogP contribution in [0.15, 0.2) is 24.3 Å². The van der Waals surface area contributed by atoms with Gasteiger partial charge in [-0.3, -0.25) is 14.4 Å². The van der Waals surface area contributed by atoms with E-state index >= 15 is 0 Å². The van der Waals surface area contributed by atoms with Gasteiger partial charge >= 0.3 is 0 Å². The highest BCUT2D eigenvalue weighted by atomic mass is 16.2. The Balaban J connectivity index is 1.57. The van der Waals surface area contributed by atoms with Crippen molar-refractivity contribution in [2.75, 3.05) is 17.2 Å². The van der Waals surface area contributed by atoms with Crippen LogP contribution in [0, 0.1) is 11.8 Å². The summed E-state index contributed by atoms with van der Waals surface area (Å²) in [6, 6.07) is 7.36. The molecule has 1 aliphatic carbocycles. The molecular weight excluding hydrogens is 330 g/mol. The number of nitrogens with zero attached hydrogens (tertiary/aromatic N) is 1. The van der Waals surface area contributed by atoms with E-state index in [9.17, 15) is 14.4 Å². The number of anilines is 2. The number of carbonyl (C=O) groups excluding carboxylic acids is 3. The van der Waals surface area contributed by atoms with Gasteiger partial charge in [-0.05, 0) is 50.3 Å². The standard InChI is InChI=1S/C20H27N3O3/c1-3-16-9-4-5-10-23(16)20(26)18-12-17(18)19(25)22-15-8-6-7-14(11-15)21-13(2)24/h6-8,11,16-18H,3-5,9-10,12H2,1-2H3,(H,21,24)(H,22,25). The smallest absolute Gasteiger partial charge is 0.228 e. The number of nitrogens with one attached hydrogen (secondary N) is 2. The van der Waals surface area contributed by atoms with Crippen molar-refractivity contribution in [2.24, 2.45) is 11.8 Å². The second-order valence-corrected chi connectivity index (χ2v) is 7.29. The highest BCUT2D eigenvalue weighted by Gasteiger charge is 2.50. The molecule has 1 aliphatic heterocycles. The fraction of sp³-hybridized carbons (Fsp3) is 0.550. The Morgan fingerprint density at radius 2 is 1.85 bits per heavy atom. The summed E-state index contributed by atoms with van der Waals surface area (Å²) in [7, 11) is 0. The largest absolute Gasteiger partial charge is 0.339 e. The molecule has 0 radical (unpaired) electrons. The Bertz CT molecular complexity index is 703. The summed E-state index contributed by atoms with van der Waals surface area (Å²) in [5, 5.41) is 5.56. The molecule has 0 aromatic heterocycles. The normalized spacial score (nSPS) is 24.7. The molecule has 26 heavy (non-hydrogen) atoms. The summed E-state index contributed by atoms with van der Waals surface area (Å²) in [6.45, 7) is 4.38. The monoisotopic (exact) mass is 357 g/mol. The van der Waals surface area contributed by atoms with E-state index in [1.54, 1.807) is 24.3 Å². The van der Waals surface area contributed by atoms with Crippen LogP contribution >= 0.6 is 0 Å². The zero-order valence-electron chi connectivity index (χ0n) is 15.5. The lowest BCUT2D eigenvalue weighted by molar-refractivity contribution is -0.137. The molecule has 140 valence electrons. The zero-order valence-corrected chi connectivity index (χ0v) is 15.5. The van der Waals surface area contributed by atoms with Crippen molar-refractivity contribution < 1.29 is 14.4 Å². The molecule has 3 atom stereocenters. The lowest BCUT2D eigenvalue weighted by Gasteiger charge is -2.35. The van der Waals surface area contributed by atoms with Crippen molar-refractivity contribution in [1.29, 1.82) is 0 Å². The summed E-state index contributed by atoms with van der Waals surface area (Å²) >= 11 is 0. The van der Waals surface area contributed by atoms with E-state index in [0.29, 0.717) is 23.8 Å². The van der Waals surface area contributed by atoms with E-state index in [2.05, 4.69) is 17.6 Å². The van der Waals surface area contributed by atoms with Crippen LogP contribution in [0.5, 0.6) is 0 Å². The van der Waals surface area contributed by atoms with Crippen molar-refractivity contribution in [3.8, 4) is 0 Å². The summed E-state index contributed by atoms with van der Waals surface area (Å²) < 4.78 is 0. The fourth-order valence-electron chi connectivity index (χ4n) is 3.80. The van der Waals surface area contributed by atoms with Gasteiger partial charge in [0.2, 0.25) is 17.7 Å². The van der Waals surface area contributed by atoms with Crippen LogP contribution in [0.1, 0.15) is 46.0 Å². The molecule has 6 nitrogen and oxygen atoms in total. The number of amides is 3. The molecule has 2 fully saturated rings. The van der Waals surface area contributed by atoms with Crippen LogP contribution in [0.3, 0.4) is 0 Å². The molecule has 1 aromatic rings. The number of hydrogen-bond acceptors (Lipinski definition) is 3. The Hall–Kier alpha value is -2.37. The zero-order chi connectivity index (χ0) is 18.7. The lowest BCUT2D eigenvalue weighted by atomic mass is 9.99. The van der Waals surface area contributed by atoms with Gasteiger partial charge in [0.25, 0.3) is 0 Å². The molecular formula is C20H27N3O3. The molecule has 2 N–H and O–H groups in total. The Morgan fingerprint density at radius 3 is 2.54 bits per heavy atom. The molecule has 3 unspecified atom stereocenters. The van der Waals surface area contributed by atoms with Crippen LogP contribution < -0.4 is 10.6 Å². The Labute approximate surface area is 154 Å². The third-order valence-electron chi connectivity index (χ3n) is 5.28. The molecule has 0 bridgehead atoms. The maximum Gasteiger partial charge on any atom is 0.228 e. The van der Waals surface area contributed by atoms with Crippen molar-refractivity contribution in [2.45, 2.75) is 52.0 Å². The first-order valence-corrected chi connectivity index (χ1v) is 9.48. The minimum absolute atomic E-state index is 0.117. The predicted octanol–water partition coefficient (Wildman–Crippen LogP) is 3.01. The third-order valence-corrected chi connectivity index (χ3v) is 5.28. The number of piperidine rings is 1. The number of rotatable bonds is 5. The molecule has 3 amide bonds. The Morgan fingerprint density at radius 1 is 1.12 bits per heavy atom. The SMILES string of the molecule is CCC1CCCCN1C(=O)C1CC1C(=O)Nc1cccc(NC(C)=O)c1. The molecule has 0 spiro atoms. The summed E-state index contributed by atoms with van der Waals surface area (Å²) in [5.74, 6) is -0.558. The van der Waals surface area contributed by atoms with E-state index < -0.39 is 0 Å². The molecule has 1 saturated heterocycles. The van der Waals surface area contributed by atoms with Crippen molar-refractivity contribution in [3.63, 3.8) is 0 Å². The molecule has 1 heterocycles. The van der Waals surface area contributed by atoms with Gasteiger partial charge in [0, 0.05) is 30.9 Å². The van der Waals surface area contributed by atoms with Gasteiger partial charge in [-0.25, -0.2) is 0 Å². The molecule has 1 saturated carbocycles. The van der Waals surface area contributed by atoms with Gasteiger partial charge in [0.05, 0.1) is 11.8 Å². The highest BCUT2D eigenvalue weighted by molar-refractivity contribution is 6.00. The topological polar surface area (TPSA) is 78.5 Å². The maximum atomic E-state index is 12.8. The first-order valence-electron chi connectivity index (χ1n) is 9.48.